The molecule has 0 bridgehead atoms. The molecule has 1 unspecified atom stereocenters. The zero-order valence-corrected chi connectivity index (χ0v) is 11.6. The van der Waals surface area contributed by atoms with Crippen LogP contribution in [-0.4, -0.2) is 54.1 Å². The van der Waals surface area contributed by atoms with E-state index in [1.54, 1.807) is 0 Å². The van der Waals surface area contributed by atoms with E-state index in [4.69, 9.17) is 9.84 Å². The summed E-state index contributed by atoms with van der Waals surface area (Å²) in [4.78, 5) is 14.2. The molecule has 1 N–H and O–H groups in total. The topological polar surface area (TPSA) is 49.8 Å². The summed E-state index contributed by atoms with van der Waals surface area (Å²) in [5, 5.41) is 8.77. The molecular formula is C14H19NO3S. The molecule has 19 heavy (non-hydrogen) atoms. The maximum absolute atomic E-state index is 10.7. The number of benzene rings is 1. The van der Waals surface area contributed by atoms with Gasteiger partial charge < -0.3 is 9.84 Å². The van der Waals surface area contributed by atoms with Gasteiger partial charge in [-0.3, -0.25) is 9.69 Å². The van der Waals surface area contributed by atoms with Gasteiger partial charge in [-0.05, 0) is 12.1 Å². The average molecular weight is 281 g/mol. The number of ether oxygens (including phenoxy) is 1. The zero-order valence-electron chi connectivity index (χ0n) is 10.8. The Morgan fingerprint density at radius 3 is 2.95 bits per heavy atom. The third-order valence-corrected chi connectivity index (χ3v) is 4.04. The second kappa shape index (κ2) is 7.53. The lowest BCUT2D eigenvalue weighted by atomic mass is 10.2. The first kappa shape index (κ1) is 14.4. The average Bonchev–Trinajstić information content (AvgIpc) is 2.40. The minimum Gasteiger partial charge on any atom is -0.481 e. The predicted molar refractivity (Wildman–Crippen MR) is 75.6 cm³/mol. The summed E-state index contributed by atoms with van der Waals surface area (Å²) in [7, 11) is 0. The van der Waals surface area contributed by atoms with Crippen LogP contribution in [-0.2, 0) is 9.53 Å². The molecule has 1 aliphatic heterocycles. The Kier molecular flexibility index (Phi) is 5.69. The van der Waals surface area contributed by atoms with Crippen LogP contribution in [0.15, 0.2) is 35.2 Å². The maximum atomic E-state index is 10.7. The molecule has 0 spiro atoms. The normalized spacial score (nSPS) is 20.3. The van der Waals surface area contributed by atoms with E-state index in [-0.39, 0.29) is 12.5 Å². The number of carboxylic acids is 1. The molecule has 1 aliphatic rings. The molecule has 1 aromatic carbocycles. The van der Waals surface area contributed by atoms with Crippen LogP contribution in [0, 0.1) is 0 Å². The standard InChI is InChI=1S/C14H19NO3S/c16-14(17)10-12-11-15(6-8-18-12)7-9-19-13-4-2-1-3-5-13/h1-5,12H,6-11H2,(H,16,17). The number of thioether (sulfide) groups is 1. The van der Waals surface area contributed by atoms with Crippen molar-refractivity contribution >= 4 is 17.7 Å². The van der Waals surface area contributed by atoms with Crippen molar-refractivity contribution in [3.8, 4) is 0 Å². The van der Waals surface area contributed by atoms with E-state index in [9.17, 15) is 4.79 Å². The molecule has 1 heterocycles. The predicted octanol–water partition coefficient (Wildman–Crippen LogP) is 1.95. The zero-order chi connectivity index (χ0) is 13.5. The monoisotopic (exact) mass is 281 g/mol. The van der Waals surface area contributed by atoms with E-state index in [1.807, 2.05) is 30.0 Å². The molecule has 4 nitrogen and oxygen atoms in total. The summed E-state index contributed by atoms with van der Waals surface area (Å²) in [5.41, 5.74) is 0. The van der Waals surface area contributed by atoms with Gasteiger partial charge in [0, 0.05) is 30.3 Å². The van der Waals surface area contributed by atoms with Crippen molar-refractivity contribution in [2.75, 3.05) is 32.0 Å². The Morgan fingerprint density at radius 1 is 1.42 bits per heavy atom. The number of hydrogen-bond donors (Lipinski definition) is 1. The van der Waals surface area contributed by atoms with Crippen molar-refractivity contribution in [3.63, 3.8) is 0 Å². The molecule has 1 fully saturated rings. The highest BCUT2D eigenvalue weighted by Gasteiger charge is 2.22. The molecule has 0 radical (unpaired) electrons. The molecule has 1 aromatic rings. The lowest BCUT2D eigenvalue weighted by Gasteiger charge is -2.32. The summed E-state index contributed by atoms with van der Waals surface area (Å²) in [6, 6.07) is 10.3. The van der Waals surface area contributed by atoms with Gasteiger partial charge in [-0.1, -0.05) is 18.2 Å². The fourth-order valence-electron chi connectivity index (χ4n) is 2.11. The summed E-state index contributed by atoms with van der Waals surface area (Å²) in [6.07, 6.45) is -0.0598. The van der Waals surface area contributed by atoms with Crippen LogP contribution in [0.5, 0.6) is 0 Å². The quantitative estimate of drug-likeness (QED) is 0.808. The van der Waals surface area contributed by atoms with Crippen molar-refractivity contribution in [3.05, 3.63) is 30.3 Å². The van der Waals surface area contributed by atoms with Crippen LogP contribution in [0.2, 0.25) is 0 Å². The van der Waals surface area contributed by atoms with E-state index >= 15 is 0 Å². The van der Waals surface area contributed by atoms with Crippen molar-refractivity contribution < 1.29 is 14.6 Å². The fraction of sp³-hybridized carbons (Fsp3) is 0.500. The fourth-order valence-corrected chi connectivity index (χ4v) is 3.05. The summed E-state index contributed by atoms with van der Waals surface area (Å²) in [5.74, 6) is 0.231. The van der Waals surface area contributed by atoms with E-state index in [0.29, 0.717) is 6.61 Å². The Morgan fingerprint density at radius 2 is 2.21 bits per heavy atom. The molecule has 0 aromatic heterocycles. The van der Waals surface area contributed by atoms with Gasteiger partial charge >= 0.3 is 5.97 Å². The van der Waals surface area contributed by atoms with Gasteiger partial charge in [-0.15, -0.1) is 11.8 Å². The molecule has 5 heteroatoms. The van der Waals surface area contributed by atoms with Crippen molar-refractivity contribution in [2.24, 2.45) is 0 Å². The first-order chi connectivity index (χ1) is 9.24. The van der Waals surface area contributed by atoms with Crippen LogP contribution in [0.1, 0.15) is 6.42 Å². The SMILES string of the molecule is O=C(O)CC1CN(CCSc2ccccc2)CCO1. The van der Waals surface area contributed by atoms with E-state index in [0.717, 1.165) is 25.4 Å². The first-order valence-electron chi connectivity index (χ1n) is 6.47. The highest BCUT2D eigenvalue weighted by Crippen LogP contribution is 2.17. The molecular weight excluding hydrogens is 262 g/mol. The summed E-state index contributed by atoms with van der Waals surface area (Å²) in [6.45, 7) is 3.22. The first-order valence-corrected chi connectivity index (χ1v) is 7.46. The highest BCUT2D eigenvalue weighted by atomic mass is 32.2. The number of aliphatic carboxylic acids is 1. The van der Waals surface area contributed by atoms with Gasteiger partial charge in [0.2, 0.25) is 0 Å². The third-order valence-electron chi connectivity index (χ3n) is 3.04. The highest BCUT2D eigenvalue weighted by molar-refractivity contribution is 7.99. The van der Waals surface area contributed by atoms with Gasteiger partial charge in [0.25, 0.3) is 0 Å². The number of carboxylic acid groups (broad SMARTS) is 1. The smallest absolute Gasteiger partial charge is 0.306 e. The van der Waals surface area contributed by atoms with Crippen LogP contribution >= 0.6 is 11.8 Å². The minimum absolute atomic E-state index is 0.0995. The van der Waals surface area contributed by atoms with Gasteiger partial charge in [0.1, 0.15) is 0 Å². The number of nitrogens with zero attached hydrogens (tertiary/aromatic N) is 1. The molecule has 1 saturated heterocycles. The van der Waals surface area contributed by atoms with Gasteiger partial charge in [0.15, 0.2) is 0 Å². The number of hydrogen-bond acceptors (Lipinski definition) is 4. The molecule has 0 aliphatic carbocycles. The van der Waals surface area contributed by atoms with E-state index in [1.165, 1.54) is 4.90 Å². The molecule has 1 atom stereocenters. The number of rotatable bonds is 6. The second-order valence-electron chi connectivity index (χ2n) is 4.55. The minimum atomic E-state index is -0.787. The Hall–Kier alpha value is -1.04. The van der Waals surface area contributed by atoms with Crippen molar-refractivity contribution in [1.82, 2.24) is 4.90 Å². The van der Waals surface area contributed by atoms with Gasteiger partial charge in [-0.25, -0.2) is 0 Å². The van der Waals surface area contributed by atoms with E-state index in [2.05, 4.69) is 17.0 Å². The van der Waals surface area contributed by atoms with Crippen LogP contribution in [0.4, 0.5) is 0 Å². The largest absolute Gasteiger partial charge is 0.481 e. The van der Waals surface area contributed by atoms with Crippen LogP contribution < -0.4 is 0 Å². The van der Waals surface area contributed by atoms with Crippen LogP contribution in [0.25, 0.3) is 0 Å². The molecule has 2 rings (SSSR count). The number of carbonyl (C=O) groups is 1. The molecule has 0 saturated carbocycles. The van der Waals surface area contributed by atoms with E-state index < -0.39 is 5.97 Å². The van der Waals surface area contributed by atoms with Crippen molar-refractivity contribution in [2.45, 2.75) is 17.4 Å². The molecule has 0 amide bonds. The Balaban J connectivity index is 1.69. The van der Waals surface area contributed by atoms with Gasteiger partial charge in [0.05, 0.1) is 19.1 Å². The third kappa shape index (κ3) is 5.22. The Bertz CT molecular complexity index is 399. The van der Waals surface area contributed by atoms with Crippen LogP contribution in [0.3, 0.4) is 0 Å². The summed E-state index contributed by atoms with van der Waals surface area (Å²) >= 11 is 1.83. The lowest BCUT2D eigenvalue weighted by molar-refractivity contribution is -0.142. The van der Waals surface area contributed by atoms with Crippen molar-refractivity contribution in [1.29, 1.82) is 0 Å². The maximum Gasteiger partial charge on any atom is 0.306 e. The molecule has 104 valence electrons. The number of morpholine rings is 1. The summed E-state index contributed by atoms with van der Waals surface area (Å²) < 4.78 is 5.45. The lowest BCUT2D eigenvalue weighted by Crippen LogP contribution is -2.44. The van der Waals surface area contributed by atoms with Gasteiger partial charge in [-0.2, -0.15) is 0 Å². The second-order valence-corrected chi connectivity index (χ2v) is 5.72. The Labute approximate surface area is 117 Å².